The molecule has 2 N–H and O–H groups in total. The van der Waals surface area contributed by atoms with Crippen molar-refractivity contribution in [2.75, 3.05) is 13.1 Å². The Balaban J connectivity index is 2.48. The number of hydrogen-bond acceptors (Lipinski definition) is 3. The van der Waals surface area contributed by atoms with E-state index in [4.69, 9.17) is 10.5 Å². The lowest BCUT2D eigenvalue weighted by atomic mass is 10.0. The number of likely N-dealkylation sites (tertiary alicyclic amines) is 1. The van der Waals surface area contributed by atoms with Gasteiger partial charge < -0.3 is 15.4 Å². The molecule has 2 atom stereocenters. The van der Waals surface area contributed by atoms with Crippen LogP contribution in [0.1, 0.15) is 27.2 Å². The summed E-state index contributed by atoms with van der Waals surface area (Å²) in [6, 6.07) is -0.455. The quantitative estimate of drug-likeness (QED) is 0.666. The van der Waals surface area contributed by atoms with E-state index < -0.39 is 23.9 Å². The van der Waals surface area contributed by atoms with Crippen molar-refractivity contribution in [3.8, 4) is 0 Å². The van der Waals surface area contributed by atoms with Gasteiger partial charge in [-0.1, -0.05) is 0 Å². The van der Waals surface area contributed by atoms with Crippen molar-refractivity contribution in [2.24, 2.45) is 5.73 Å². The molecule has 0 unspecified atom stereocenters. The van der Waals surface area contributed by atoms with E-state index in [-0.39, 0.29) is 6.54 Å². The lowest BCUT2D eigenvalue weighted by Crippen LogP contribution is -2.51. The number of nitrogens with two attached hydrogens (primary N) is 1. The van der Waals surface area contributed by atoms with Crippen LogP contribution in [0.4, 0.5) is 9.18 Å². The predicted molar refractivity (Wildman–Crippen MR) is 55.3 cm³/mol. The summed E-state index contributed by atoms with van der Waals surface area (Å²) in [6.45, 7) is 5.86. The maximum Gasteiger partial charge on any atom is 0.410 e. The highest BCUT2D eigenvalue weighted by Crippen LogP contribution is 2.16. The number of ether oxygens (including phenoxy) is 1. The number of carbonyl (C=O) groups is 1. The van der Waals surface area contributed by atoms with E-state index in [1.54, 1.807) is 20.8 Å². The summed E-state index contributed by atoms with van der Waals surface area (Å²) in [5.41, 5.74) is 4.97. The Morgan fingerprint density at radius 2 is 2.13 bits per heavy atom. The van der Waals surface area contributed by atoms with Crippen LogP contribution in [0, 0.1) is 0 Å². The Morgan fingerprint density at radius 1 is 1.53 bits per heavy atom. The normalized spacial score (nSPS) is 27.7. The van der Waals surface area contributed by atoms with Gasteiger partial charge >= 0.3 is 6.09 Å². The number of nitrogens with zero attached hydrogens (tertiary/aromatic N) is 1. The predicted octanol–water partition coefficient (Wildman–Crippen LogP) is 1.29. The molecule has 1 rings (SSSR count). The Bertz CT molecular complexity index is 240. The van der Waals surface area contributed by atoms with Crippen LogP contribution in [0.5, 0.6) is 0 Å². The monoisotopic (exact) mass is 218 g/mol. The fourth-order valence-electron chi connectivity index (χ4n) is 1.42. The van der Waals surface area contributed by atoms with Crippen LogP contribution in [0.3, 0.4) is 0 Å². The molecule has 15 heavy (non-hydrogen) atoms. The van der Waals surface area contributed by atoms with Gasteiger partial charge in [-0.25, -0.2) is 9.18 Å². The van der Waals surface area contributed by atoms with Crippen molar-refractivity contribution in [3.05, 3.63) is 0 Å². The number of hydrogen-bond donors (Lipinski definition) is 1. The molecular formula is C10H19FN2O2. The molecule has 1 amide bonds. The minimum absolute atomic E-state index is 0.0378. The minimum Gasteiger partial charge on any atom is -0.444 e. The fourth-order valence-corrected chi connectivity index (χ4v) is 1.42. The zero-order valence-electron chi connectivity index (χ0n) is 9.50. The van der Waals surface area contributed by atoms with E-state index in [1.165, 1.54) is 4.90 Å². The second-order valence-corrected chi connectivity index (χ2v) is 4.89. The van der Waals surface area contributed by atoms with E-state index in [2.05, 4.69) is 0 Å². The van der Waals surface area contributed by atoms with Gasteiger partial charge in [0.15, 0.2) is 0 Å². The maximum absolute atomic E-state index is 13.2. The molecule has 1 aliphatic rings. The van der Waals surface area contributed by atoms with Gasteiger partial charge in [-0.2, -0.15) is 0 Å². The molecule has 88 valence electrons. The van der Waals surface area contributed by atoms with Gasteiger partial charge in [0.05, 0.1) is 6.54 Å². The molecule has 0 aromatic carbocycles. The lowest BCUT2D eigenvalue weighted by molar-refractivity contribution is 0.0116. The Hall–Kier alpha value is -0.840. The van der Waals surface area contributed by atoms with Crippen molar-refractivity contribution < 1.29 is 13.9 Å². The van der Waals surface area contributed by atoms with Crippen molar-refractivity contribution in [2.45, 2.75) is 45.0 Å². The lowest BCUT2D eigenvalue weighted by Gasteiger charge is -2.34. The Morgan fingerprint density at radius 3 is 2.60 bits per heavy atom. The third kappa shape index (κ3) is 3.66. The molecule has 0 spiro atoms. The first-order chi connectivity index (χ1) is 6.79. The van der Waals surface area contributed by atoms with Gasteiger partial charge in [0, 0.05) is 12.6 Å². The van der Waals surface area contributed by atoms with Crippen LogP contribution in [0.25, 0.3) is 0 Å². The maximum atomic E-state index is 13.2. The topological polar surface area (TPSA) is 55.6 Å². The average Bonchev–Trinajstić information content (AvgIpc) is 2.06. The SMILES string of the molecule is CC(C)(C)OC(=O)N1CC[C@@H](N)[C@@H](F)C1. The molecule has 0 aromatic rings. The minimum atomic E-state index is -1.15. The smallest absolute Gasteiger partial charge is 0.410 e. The summed E-state index contributed by atoms with van der Waals surface area (Å²) in [5.74, 6) is 0. The van der Waals surface area contributed by atoms with Crippen molar-refractivity contribution >= 4 is 6.09 Å². The highest BCUT2D eigenvalue weighted by molar-refractivity contribution is 5.68. The molecular weight excluding hydrogens is 199 g/mol. The van der Waals surface area contributed by atoms with Crippen LogP contribution >= 0.6 is 0 Å². The fraction of sp³-hybridized carbons (Fsp3) is 0.900. The first kappa shape index (κ1) is 12.2. The van der Waals surface area contributed by atoms with Gasteiger partial charge in [0.1, 0.15) is 11.8 Å². The van der Waals surface area contributed by atoms with Crippen LogP contribution in [-0.4, -0.2) is 41.9 Å². The average molecular weight is 218 g/mol. The number of alkyl halides is 1. The van der Waals surface area contributed by atoms with Crippen molar-refractivity contribution in [1.82, 2.24) is 4.90 Å². The molecule has 1 saturated heterocycles. The molecule has 0 bridgehead atoms. The molecule has 0 radical (unpaired) electrons. The molecule has 1 fully saturated rings. The van der Waals surface area contributed by atoms with Gasteiger partial charge in [-0.3, -0.25) is 0 Å². The first-order valence-corrected chi connectivity index (χ1v) is 5.17. The molecule has 4 nitrogen and oxygen atoms in total. The molecule has 0 aromatic heterocycles. The summed E-state index contributed by atoms with van der Waals surface area (Å²) in [6.07, 6.45) is -1.12. The first-order valence-electron chi connectivity index (χ1n) is 5.17. The van der Waals surface area contributed by atoms with E-state index in [1.807, 2.05) is 0 Å². The number of rotatable bonds is 0. The molecule has 5 heteroatoms. The van der Waals surface area contributed by atoms with Crippen LogP contribution < -0.4 is 5.73 Å². The van der Waals surface area contributed by atoms with Crippen LogP contribution in [0.2, 0.25) is 0 Å². The summed E-state index contributed by atoms with van der Waals surface area (Å²) in [5, 5.41) is 0. The third-order valence-corrected chi connectivity index (χ3v) is 2.24. The van der Waals surface area contributed by atoms with E-state index in [0.29, 0.717) is 13.0 Å². The molecule has 0 aliphatic carbocycles. The zero-order valence-corrected chi connectivity index (χ0v) is 9.50. The summed E-state index contributed by atoms with van der Waals surface area (Å²) in [4.78, 5) is 12.9. The standard InChI is InChI=1S/C10H19FN2O2/c1-10(2,3)15-9(14)13-5-4-8(12)7(11)6-13/h7-8H,4-6,12H2,1-3H3/t7-,8+/m0/s1. The largest absolute Gasteiger partial charge is 0.444 e. The number of halogens is 1. The molecule has 1 heterocycles. The van der Waals surface area contributed by atoms with Crippen molar-refractivity contribution in [3.63, 3.8) is 0 Å². The van der Waals surface area contributed by atoms with E-state index in [0.717, 1.165) is 0 Å². The van der Waals surface area contributed by atoms with Gasteiger partial charge in [-0.05, 0) is 27.2 Å². The van der Waals surface area contributed by atoms with Crippen molar-refractivity contribution in [1.29, 1.82) is 0 Å². The summed E-state index contributed by atoms with van der Waals surface area (Å²) in [7, 11) is 0. The molecule has 1 aliphatic heterocycles. The second-order valence-electron chi connectivity index (χ2n) is 4.89. The zero-order chi connectivity index (χ0) is 11.6. The number of carbonyl (C=O) groups excluding carboxylic acids is 1. The van der Waals surface area contributed by atoms with Crippen LogP contribution in [0.15, 0.2) is 0 Å². The Labute approximate surface area is 89.6 Å². The Kier molecular flexibility index (Phi) is 3.54. The van der Waals surface area contributed by atoms with Gasteiger partial charge in [-0.15, -0.1) is 0 Å². The third-order valence-electron chi connectivity index (χ3n) is 2.24. The number of amides is 1. The van der Waals surface area contributed by atoms with E-state index in [9.17, 15) is 9.18 Å². The van der Waals surface area contributed by atoms with Crippen LogP contribution in [-0.2, 0) is 4.74 Å². The van der Waals surface area contributed by atoms with Gasteiger partial charge in [0.25, 0.3) is 0 Å². The highest BCUT2D eigenvalue weighted by Gasteiger charge is 2.31. The number of piperidine rings is 1. The van der Waals surface area contributed by atoms with Gasteiger partial charge in [0.2, 0.25) is 0 Å². The van der Waals surface area contributed by atoms with E-state index >= 15 is 0 Å². The summed E-state index contributed by atoms with van der Waals surface area (Å²) >= 11 is 0. The molecule has 0 saturated carbocycles. The highest BCUT2D eigenvalue weighted by atomic mass is 19.1. The summed E-state index contributed by atoms with van der Waals surface area (Å²) < 4.78 is 18.4. The second kappa shape index (κ2) is 4.35.